The Morgan fingerprint density at radius 3 is 3.08 bits per heavy atom. The first kappa shape index (κ1) is 8.15. The van der Waals surface area contributed by atoms with Crippen molar-refractivity contribution in [3.05, 3.63) is 35.7 Å². The van der Waals surface area contributed by atoms with E-state index < -0.39 is 0 Å². The Bertz CT molecular complexity index is 350. The smallest absolute Gasteiger partial charge is 0.147 e. The summed E-state index contributed by atoms with van der Waals surface area (Å²) >= 11 is 0. The summed E-state index contributed by atoms with van der Waals surface area (Å²) in [5.41, 5.74) is 0.989. The third-order valence-corrected chi connectivity index (χ3v) is 1.30. The van der Waals surface area contributed by atoms with E-state index in [1.807, 2.05) is 6.07 Å². The Labute approximate surface area is 70.0 Å². The molecular formula is C9H6N2O. The highest BCUT2D eigenvalue weighted by molar-refractivity contribution is 5.74. The van der Waals surface area contributed by atoms with Crippen molar-refractivity contribution in [3.63, 3.8) is 0 Å². The van der Waals surface area contributed by atoms with Gasteiger partial charge in [-0.25, -0.2) is 4.98 Å². The molecule has 0 amide bonds. The molecule has 1 aromatic heterocycles. The number of nitrogens with zero attached hydrogens (tertiary/aromatic N) is 2. The summed E-state index contributed by atoms with van der Waals surface area (Å²) in [5.74, 6) is 0. The summed E-state index contributed by atoms with van der Waals surface area (Å²) in [6, 6.07) is 5.37. The first-order chi connectivity index (χ1) is 5.88. The molecule has 12 heavy (non-hydrogen) atoms. The molecule has 3 heteroatoms. The van der Waals surface area contributed by atoms with Crippen LogP contribution >= 0.6 is 0 Å². The number of hydrogen-bond acceptors (Lipinski definition) is 3. The van der Waals surface area contributed by atoms with Gasteiger partial charge in [0.1, 0.15) is 18.0 Å². The minimum absolute atomic E-state index is 0.329. The third kappa shape index (κ3) is 1.77. The molecule has 0 atom stereocenters. The van der Waals surface area contributed by atoms with Gasteiger partial charge in [-0.1, -0.05) is 6.07 Å². The molecule has 0 aliphatic heterocycles. The number of aromatic nitrogens is 1. The lowest BCUT2D eigenvalue weighted by atomic mass is 10.2. The molecule has 0 bridgehead atoms. The van der Waals surface area contributed by atoms with Gasteiger partial charge in [0, 0.05) is 11.8 Å². The fraction of sp³-hybridized carbons (Fsp3) is 0. The van der Waals surface area contributed by atoms with E-state index in [1.165, 1.54) is 12.3 Å². The predicted octanol–water partition coefficient (Wildman–Crippen LogP) is 1.17. The summed E-state index contributed by atoms with van der Waals surface area (Å²) in [4.78, 5) is 13.8. The second kappa shape index (κ2) is 4.04. The van der Waals surface area contributed by atoms with Crippen LogP contribution in [0.5, 0.6) is 0 Å². The summed E-state index contributed by atoms with van der Waals surface area (Å²) in [5, 5.41) is 8.58. The van der Waals surface area contributed by atoms with E-state index in [0.717, 1.165) is 0 Å². The number of nitriles is 1. The highest BCUT2D eigenvalue weighted by Crippen LogP contribution is 2.04. The maximum absolute atomic E-state index is 9.99. The van der Waals surface area contributed by atoms with E-state index in [1.54, 1.807) is 18.2 Å². The van der Waals surface area contributed by atoms with Crippen molar-refractivity contribution < 1.29 is 4.79 Å². The predicted molar refractivity (Wildman–Crippen MR) is 44.1 cm³/mol. The van der Waals surface area contributed by atoms with Gasteiger partial charge in [-0.05, 0) is 18.2 Å². The van der Waals surface area contributed by atoms with Crippen molar-refractivity contribution in [1.29, 1.82) is 5.26 Å². The summed E-state index contributed by atoms with van der Waals surface area (Å²) in [7, 11) is 0. The van der Waals surface area contributed by atoms with E-state index >= 15 is 0 Å². The van der Waals surface area contributed by atoms with Crippen LogP contribution in [0.2, 0.25) is 0 Å². The van der Waals surface area contributed by atoms with Gasteiger partial charge in [0.25, 0.3) is 0 Å². The normalized spacial score (nSPS) is 9.58. The molecule has 0 unspecified atom stereocenters. The number of hydrogen-bond donors (Lipinski definition) is 0. The molecular weight excluding hydrogens is 152 g/mol. The lowest BCUT2D eigenvalue weighted by Gasteiger charge is -1.92. The number of carbonyl (C=O) groups excluding carboxylic acids is 1. The van der Waals surface area contributed by atoms with Gasteiger partial charge < -0.3 is 0 Å². The summed E-state index contributed by atoms with van der Waals surface area (Å²) in [6.45, 7) is 0. The molecule has 0 aromatic carbocycles. The quantitative estimate of drug-likeness (QED) is 0.479. The van der Waals surface area contributed by atoms with Crippen LogP contribution in [0, 0.1) is 11.3 Å². The van der Waals surface area contributed by atoms with E-state index in [2.05, 4.69) is 4.98 Å². The molecule has 0 aliphatic rings. The molecule has 3 nitrogen and oxygen atoms in total. The van der Waals surface area contributed by atoms with E-state index in [9.17, 15) is 4.79 Å². The van der Waals surface area contributed by atoms with Crippen molar-refractivity contribution in [2.45, 2.75) is 0 Å². The molecule has 0 fully saturated rings. The summed E-state index contributed by atoms with van der Waals surface area (Å²) in [6.07, 6.45) is 5.08. The van der Waals surface area contributed by atoms with Gasteiger partial charge >= 0.3 is 0 Å². The molecule has 0 saturated carbocycles. The van der Waals surface area contributed by atoms with Crippen LogP contribution in [-0.2, 0) is 4.79 Å². The minimum Gasteiger partial charge on any atom is -0.299 e. The minimum atomic E-state index is 0.329. The second-order valence-corrected chi connectivity index (χ2v) is 2.05. The maximum atomic E-state index is 9.99. The van der Waals surface area contributed by atoms with Crippen LogP contribution in [-0.4, -0.2) is 11.3 Å². The Kier molecular flexibility index (Phi) is 2.74. The van der Waals surface area contributed by atoms with E-state index in [0.29, 0.717) is 17.5 Å². The fourth-order valence-electron chi connectivity index (χ4n) is 0.789. The number of pyridine rings is 1. The van der Waals surface area contributed by atoms with Gasteiger partial charge in [0.2, 0.25) is 0 Å². The average molecular weight is 158 g/mol. The van der Waals surface area contributed by atoms with Gasteiger partial charge in [0.15, 0.2) is 0 Å². The number of aldehydes is 1. The van der Waals surface area contributed by atoms with Crippen LogP contribution < -0.4 is 0 Å². The largest absolute Gasteiger partial charge is 0.299 e. The second-order valence-electron chi connectivity index (χ2n) is 2.05. The first-order valence-corrected chi connectivity index (χ1v) is 3.35. The van der Waals surface area contributed by atoms with Crippen molar-refractivity contribution in [2.24, 2.45) is 0 Å². The topological polar surface area (TPSA) is 53.8 Å². The standard InChI is InChI=1S/C9H6N2O/c10-7-9-8(4-2-6-12)3-1-5-11-9/h1-6H. The van der Waals surface area contributed by atoms with Crippen LogP contribution in [0.15, 0.2) is 24.4 Å². The molecule has 1 rings (SSSR count). The highest BCUT2D eigenvalue weighted by Gasteiger charge is 1.95. The van der Waals surface area contributed by atoms with E-state index in [4.69, 9.17) is 5.26 Å². The lowest BCUT2D eigenvalue weighted by Crippen LogP contribution is -1.85. The van der Waals surface area contributed by atoms with E-state index in [-0.39, 0.29) is 0 Å². The van der Waals surface area contributed by atoms with Crippen LogP contribution in [0.25, 0.3) is 6.08 Å². The SMILES string of the molecule is N#Cc1ncccc1C=CC=O. The van der Waals surface area contributed by atoms with Crippen molar-refractivity contribution in [3.8, 4) is 6.07 Å². The van der Waals surface area contributed by atoms with Crippen LogP contribution in [0.3, 0.4) is 0 Å². The molecule has 58 valence electrons. The zero-order valence-electron chi connectivity index (χ0n) is 6.27. The number of allylic oxidation sites excluding steroid dienone is 1. The van der Waals surface area contributed by atoms with Crippen molar-refractivity contribution in [2.75, 3.05) is 0 Å². The zero-order chi connectivity index (χ0) is 8.81. The van der Waals surface area contributed by atoms with Gasteiger partial charge in [-0.3, -0.25) is 4.79 Å². The third-order valence-electron chi connectivity index (χ3n) is 1.30. The summed E-state index contributed by atoms with van der Waals surface area (Å²) < 4.78 is 0. The Morgan fingerprint density at radius 2 is 2.42 bits per heavy atom. The maximum Gasteiger partial charge on any atom is 0.147 e. The Morgan fingerprint density at radius 1 is 1.58 bits per heavy atom. The van der Waals surface area contributed by atoms with Gasteiger partial charge in [-0.2, -0.15) is 5.26 Å². The molecule has 1 heterocycles. The van der Waals surface area contributed by atoms with Crippen molar-refractivity contribution >= 4 is 12.4 Å². The number of rotatable bonds is 2. The van der Waals surface area contributed by atoms with Crippen molar-refractivity contribution in [1.82, 2.24) is 4.98 Å². The molecule has 0 N–H and O–H groups in total. The zero-order valence-corrected chi connectivity index (χ0v) is 6.27. The van der Waals surface area contributed by atoms with Crippen LogP contribution in [0.4, 0.5) is 0 Å². The molecule has 0 spiro atoms. The number of carbonyl (C=O) groups is 1. The lowest BCUT2D eigenvalue weighted by molar-refractivity contribution is -0.104. The molecule has 0 radical (unpaired) electrons. The molecule has 0 saturated heterocycles. The fourth-order valence-corrected chi connectivity index (χ4v) is 0.789. The Balaban J connectivity index is 3.07. The molecule has 1 aromatic rings. The average Bonchev–Trinajstić information content (AvgIpc) is 2.15. The first-order valence-electron chi connectivity index (χ1n) is 3.35. The van der Waals surface area contributed by atoms with Gasteiger partial charge in [-0.15, -0.1) is 0 Å². The highest BCUT2D eigenvalue weighted by atomic mass is 16.1. The molecule has 0 aliphatic carbocycles. The van der Waals surface area contributed by atoms with Gasteiger partial charge in [0.05, 0.1) is 0 Å². The van der Waals surface area contributed by atoms with Crippen LogP contribution in [0.1, 0.15) is 11.3 Å². The Hall–Kier alpha value is -1.95. The monoisotopic (exact) mass is 158 g/mol.